The molecule has 1 aliphatic heterocycles. The summed E-state index contributed by atoms with van der Waals surface area (Å²) in [6, 6.07) is 4.90. The molecule has 1 unspecified atom stereocenters. The van der Waals surface area contributed by atoms with E-state index in [0.29, 0.717) is 0 Å². The number of carbonyl (C=O) groups excluding carboxylic acids is 2. The molecule has 122 valence electrons. The molecular formula is C11H10N4O7S. The molecule has 1 heterocycles. The van der Waals surface area contributed by atoms with E-state index in [-0.39, 0.29) is 23.8 Å². The summed E-state index contributed by atoms with van der Waals surface area (Å²) in [5.74, 6) is 0. The summed E-state index contributed by atoms with van der Waals surface area (Å²) < 4.78 is 39.6. The molecule has 0 saturated carbocycles. The van der Waals surface area contributed by atoms with Gasteiger partial charge in [0.05, 0.1) is 4.90 Å². The number of nitrogens with one attached hydrogen (secondary N) is 1. The van der Waals surface area contributed by atoms with Crippen LogP contribution < -0.4 is 5.32 Å². The Morgan fingerprint density at radius 3 is 2.70 bits per heavy atom. The second-order valence-electron chi connectivity index (χ2n) is 4.19. The van der Waals surface area contributed by atoms with Gasteiger partial charge in [0.2, 0.25) is 0 Å². The lowest BCUT2D eigenvalue weighted by atomic mass is 10.3. The van der Waals surface area contributed by atoms with Gasteiger partial charge in [-0.25, -0.2) is 18.0 Å². The number of rotatable bonds is 5. The van der Waals surface area contributed by atoms with Gasteiger partial charge >= 0.3 is 12.2 Å². The van der Waals surface area contributed by atoms with E-state index >= 15 is 0 Å². The maximum absolute atomic E-state index is 11.5. The Kier molecular flexibility index (Phi) is 4.88. The van der Waals surface area contributed by atoms with Gasteiger partial charge < -0.3 is 14.2 Å². The first-order valence-electron chi connectivity index (χ1n) is 6.09. The zero-order chi connectivity index (χ0) is 16.9. The monoisotopic (exact) mass is 342 g/mol. The van der Waals surface area contributed by atoms with Crippen LogP contribution in [0.25, 0.3) is 10.4 Å². The van der Waals surface area contributed by atoms with E-state index in [1.165, 1.54) is 12.1 Å². The molecule has 1 amide bonds. The van der Waals surface area contributed by atoms with Crippen molar-refractivity contribution in [2.24, 2.45) is 4.52 Å². The minimum atomic E-state index is -4.08. The summed E-state index contributed by atoms with van der Waals surface area (Å²) in [5, 5.41) is 2.35. The second kappa shape index (κ2) is 6.85. The molecule has 0 aliphatic carbocycles. The first kappa shape index (κ1) is 16.4. The molecule has 23 heavy (non-hydrogen) atoms. The Balaban J connectivity index is 1.89. The molecule has 12 heteroatoms. The number of azide groups is 1. The van der Waals surface area contributed by atoms with E-state index in [1.54, 1.807) is 0 Å². The minimum absolute atomic E-state index is 0.00190. The van der Waals surface area contributed by atoms with Gasteiger partial charge in [-0.1, -0.05) is 0 Å². The average Bonchev–Trinajstić information content (AvgIpc) is 2.91. The van der Waals surface area contributed by atoms with E-state index in [9.17, 15) is 18.0 Å². The number of sulfonamides is 1. The first-order valence-corrected chi connectivity index (χ1v) is 7.53. The molecule has 11 nitrogen and oxygen atoms in total. The van der Waals surface area contributed by atoms with Gasteiger partial charge in [0, 0.05) is 15.1 Å². The highest BCUT2D eigenvalue weighted by molar-refractivity contribution is 7.90. The fraction of sp³-hybridized carbons (Fsp3) is 0.273. The van der Waals surface area contributed by atoms with Crippen LogP contribution in [0.2, 0.25) is 0 Å². The third kappa shape index (κ3) is 4.49. The molecule has 0 spiro atoms. The number of nitrogens with zero attached hydrogens (tertiary/aromatic N) is 3. The lowest BCUT2D eigenvalue weighted by Gasteiger charge is -2.09. The predicted octanol–water partition coefficient (Wildman–Crippen LogP) is 1.77. The van der Waals surface area contributed by atoms with Crippen molar-refractivity contribution in [3.05, 3.63) is 34.7 Å². The number of benzene rings is 1. The van der Waals surface area contributed by atoms with Gasteiger partial charge in [-0.3, -0.25) is 5.32 Å². The summed E-state index contributed by atoms with van der Waals surface area (Å²) in [6.45, 7) is -0.182. The quantitative estimate of drug-likeness (QED) is 0.369. The summed E-state index contributed by atoms with van der Waals surface area (Å²) in [5.41, 5.74) is 8.43. The van der Waals surface area contributed by atoms with Crippen molar-refractivity contribution in [3.8, 4) is 0 Å². The van der Waals surface area contributed by atoms with E-state index in [1.807, 2.05) is 0 Å². The summed E-state index contributed by atoms with van der Waals surface area (Å²) in [7, 11) is -4.08. The maximum atomic E-state index is 11.5. The SMILES string of the molecule is [N-]=[N+]=NS(=O)(=O)c1ccc(NC(=O)OCC2COC(=O)O2)cc1. The summed E-state index contributed by atoms with van der Waals surface area (Å²) >= 11 is 0. The molecule has 1 aliphatic rings. The third-order valence-corrected chi connectivity index (χ3v) is 3.75. The van der Waals surface area contributed by atoms with Gasteiger partial charge in [0.1, 0.15) is 13.2 Å². The van der Waals surface area contributed by atoms with E-state index in [2.05, 4.69) is 24.2 Å². The van der Waals surface area contributed by atoms with Crippen LogP contribution in [0.3, 0.4) is 0 Å². The van der Waals surface area contributed by atoms with E-state index in [4.69, 9.17) is 10.3 Å². The van der Waals surface area contributed by atoms with Gasteiger partial charge in [0.25, 0.3) is 10.0 Å². The number of amides is 1. The summed E-state index contributed by atoms with van der Waals surface area (Å²) in [4.78, 5) is 24.2. The molecule has 1 saturated heterocycles. The van der Waals surface area contributed by atoms with Crippen LogP contribution in [0.1, 0.15) is 0 Å². The first-order chi connectivity index (χ1) is 10.9. The number of hydrogen-bond donors (Lipinski definition) is 1. The molecule has 0 aromatic heterocycles. The van der Waals surface area contributed by atoms with Gasteiger partial charge in [0.15, 0.2) is 6.10 Å². The molecule has 1 aromatic carbocycles. The topological polar surface area (TPSA) is 157 Å². The minimum Gasteiger partial charge on any atom is -0.445 e. The highest BCUT2D eigenvalue weighted by Crippen LogP contribution is 2.16. The van der Waals surface area contributed by atoms with Crippen molar-refractivity contribution >= 4 is 28.0 Å². The normalized spacial score (nSPS) is 16.7. The van der Waals surface area contributed by atoms with Crippen molar-refractivity contribution in [3.63, 3.8) is 0 Å². The van der Waals surface area contributed by atoms with E-state index in [0.717, 1.165) is 12.1 Å². The Labute approximate surface area is 129 Å². The van der Waals surface area contributed by atoms with Gasteiger partial charge in [-0.2, -0.15) is 0 Å². The third-order valence-electron chi connectivity index (χ3n) is 2.59. The smallest absolute Gasteiger partial charge is 0.445 e. The highest BCUT2D eigenvalue weighted by atomic mass is 32.2. The van der Waals surface area contributed by atoms with Crippen molar-refractivity contribution in [1.82, 2.24) is 0 Å². The Morgan fingerprint density at radius 1 is 1.43 bits per heavy atom. The molecule has 2 rings (SSSR count). The largest absolute Gasteiger partial charge is 0.508 e. The van der Waals surface area contributed by atoms with Crippen LogP contribution in [0, 0.1) is 0 Å². The van der Waals surface area contributed by atoms with Crippen LogP contribution in [0.15, 0.2) is 33.7 Å². The summed E-state index contributed by atoms with van der Waals surface area (Å²) in [6.07, 6.45) is -2.31. The van der Waals surface area contributed by atoms with Crippen molar-refractivity contribution in [2.45, 2.75) is 11.0 Å². The van der Waals surface area contributed by atoms with Crippen LogP contribution in [-0.4, -0.2) is 40.0 Å². The number of ether oxygens (including phenoxy) is 3. The standard InChI is InChI=1S/C11H10N4O7S/c12-14-15-23(18,19)9-3-1-7(2-4-9)13-10(16)20-5-8-6-21-11(17)22-8/h1-4,8H,5-6H2,(H,13,16). The molecule has 1 atom stereocenters. The number of carbonyl (C=O) groups is 2. The zero-order valence-corrected chi connectivity index (χ0v) is 12.2. The van der Waals surface area contributed by atoms with Gasteiger partial charge in [-0.05, 0) is 29.8 Å². The van der Waals surface area contributed by atoms with Gasteiger partial charge in [-0.15, -0.1) is 0 Å². The lowest BCUT2D eigenvalue weighted by Crippen LogP contribution is -2.23. The van der Waals surface area contributed by atoms with Crippen LogP contribution in [0.4, 0.5) is 15.3 Å². The van der Waals surface area contributed by atoms with Crippen molar-refractivity contribution in [1.29, 1.82) is 0 Å². The van der Waals surface area contributed by atoms with Crippen molar-refractivity contribution in [2.75, 3.05) is 18.5 Å². The van der Waals surface area contributed by atoms with Crippen LogP contribution >= 0.6 is 0 Å². The molecule has 1 N–H and O–H groups in total. The molecule has 0 bridgehead atoms. The number of anilines is 1. The highest BCUT2D eigenvalue weighted by Gasteiger charge is 2.26. The molecular weight excluding hydrogens is 332 g/mol. The number of hydrogen-bond acceptors (Lipinski definition) is 7. The Morgan fingerprint density at radius 2 is 2.13 bits per heavy atom. The maximum Gasteiger partial charge on any atom is 0.508 e. The van der Waals surface area contributed by atoms with Crippen LogP contribution in [-0.2, 0) is 24.2 Å². The molecule has 1 fully saturated rings. The zero-order valence-electron chi connectivity index (χ0n) is 11.4. The fourth-order valence-electron chi connectivity index (χ4n) is 1.58. The fourth-order valence-corrected chi connectivity index (χ4v) is 2.25. The van der Waals surface area contributed by atoms with Crippen LogP contribution in [0.5, 0.6) is 0 Å². The second-order valence-corrected chi connectivity index (χ2v) is 5.78. The molecule has 1 aromatic rings. The Hall–Kier alpha value is -2.98. The average molecular weight is 342 g/mol. The lowest BCUT2D eigenvalue weighted by molar-refractivity contribution is 0.0783. The Bertz CT molecular complexity index is 755. The van der Waals surface area contributed by atoms with Crippen molar-refractivity contribution < 1.29 is 32.2 Å². The van der Waals surface area contributed by atoms with E-state index < -0.39 is 28.4 Å². The number of cyclic esters (lactones) is 2. The predicted molar refractivity (Wildman–Crippen MR) is 74.0 cm³/mol. The molecule has 0 radical (unpaired) electrons.